The number of aromatic nitrogens is 2. The van der Waals surface area contributed by atoms with Gasteiger partial charge in [0.15, 0.2) is 5.16 Å². The van der Waals surface area contributed by atoms with Crippen LogP contribution in [-0.4, -0.2) is 28.7 Å². The van der Waals surface area contributed by atoms with Gasteiger partial charge in [0.05, 0.1) is 18.6 Å². The molecular formula is C19H19ClN4O2S. The van der Waals surface area contributed by atoms with E-state index in [-0.39, 0.29) is 11.7 Å². The van der Waals surface area contributed by atoms with Crippen LogP contribution in [0.25, 0.3) is 0 Å². The summed E-state index contributed by atoms with van der Waals surface area (Å²) in [5.41, 5.74) is 1.17. The van der Waals surface area contributed by atoms with Crippen LogP contribution in [0.4, 0.5) is 5.82 Å². The molecule has 0 saturated carbocycles. The molecule has 3 rings (SSSR count). The van der Waals surface area contributed by atoms with Crippen LogP contribution in [0.3, 0.4) is 0 Å². The number of nitrogens with zero attached hydrogens (tertiary/aromatic N) is 3. The average Bonchev–Trinajstić information content (AvgIpc) is 3.19. The topological polar surface area (TPSA) is 71.3 Å². The summed E-state index contributed by atoms with van der Waals surface area (Å²) in [6.45, 7) is 1.05. The van der Waals surface area contributed by atoms with E-state index in [1.807, 2.05) is 36.2 Å². The fourth-order valence-electron chi connectivity index (χ4n) is 2.36. The molecule has 0 spiro atoms. The lowest BCUT2D eigenvalue weighted by Crippen LogP contribution is -2.24. The molecule has 0 aliphatic rings. The molecule has 0 bridgehead atoms. The molecule has 0 unspecified atom stereocenters. The van der Waals surface area contributed by atoms with Crippen LogP contribution in [0, 0.1) is 0 Å². The Labute approximate surface area is 167 Å². The van der Waals surface area contributed by atoms with Gasteiger partial charge < -0.3 is 14.6 Å². The van der Waals surface area contributed by atoms with E-state index in [0.29, 0.717) is 35.0 Å². The van der Waals surface area contributed by atoms with Gasteiger partial charge in [0.25, 0.3) is 0 Å². The van der Waals surface area contributed by atoms with Gasteiger partial charge in [0.2, 0.25) is 5.91 Å². The molecule has 1 N–H and O–H groups in total. The zero-order chi connectivity index (χ0) is 19.1. The van der Waals surface area contributed by atoms with Crippen molar-refractivity contribution in [3.05, 3.63) is 71.3 Å². The highest BCUT2D eigenvalue weighted by molar-refractivity contribution is 7.99. The molecule has 2 aromatic heterocycles. The first-order valence-corrected chi connectivity index (χ1v) is 9.68. The average molecular weight is 403 g/mol. The lowest BCUT2D eigenvalue weighted by atomic mass is 10.2. The van der Waals surface area contributed by atoms with Gasteiger partial charge >= 0.3 is 0 Å². The van der Waals surface area contributed by atoms with Crippen LogP contribution in [0.15, 0.2) is 64.4 Å². The third-order valence-corrected chi connectivity index (χ3v) is 4.73. The van der Waals surface area contributed by atoms with Crippen LogP contribution in [0.2, 0.25) is 5.15 Å². The highest BCUT2D eigenvalue weighted by atomic mass is 35.5. The minimum atomic E-state index is -0.126. The predicted molar refractivity (Wildman–Crippen MR) is 107 cm³/mol. The second kappa shape index (κ2) is 9.43. The number of rotatable bonds is 8. The zero-order valence-electron chi connectivity index (χ0n) is 14.8. The molecule has 0 aliphatic carbocycles. The van der Waals surface area contributed by atoms with Gasteiger partial charge in [0, 0.05) is 19.7 Å². The Morgan fingerprint density at radius 1 is 1.22 bits per heavy atom. The molecule has 3 aromatic rings. The molecule has 0 fully saturated rings. The van der Waals surface area contributed by atoms with Crippen molar-refractivity contribution < 1.29 is 9.21 Å². The summed E-state index contributed by atoms with van der Waals surface area (Å²) in [5.74, 6) is 1.48. The molecule has 1 aromatic carbocycles. The highest BCUT2D eigenvalue weighted by Gasteiger charge is 2.11. The number of amides is 1. The molecule has 0 aliphatic heterocycles. The molecule has 1 amide bonds. The van der Waals surface area contributed by atoms with Crippen molar-refractivity contribution in [2.24, 2.45) is 0 Å². The van der Waals surface area contributed by atoms with E-state index < -0.39 is 0 Å². The van der Waals surface area contributed by atoms with Gasteiger partial charge in [-0.05, 0) is 17.7 Å². The lowest BCUT2D eigenvalue weighted by molar-refractivity contribution is -0.118. The number of thioether (sulfide) groups is 1. The van der Waals surface area contributed by atoms with Gasteiger partial charge in [-0.1, -0.05) is 53.7 Å². The highest BCUT2D eigenvalue weighted by Crippen LogP contribution is 2.22. The SMILES string of the molecule is CN(Cc1ccccc1)c1cc(Cl)nc(SCC(=O)NCc2ccco2)n1. The molecule has 0 radical (unpaired) electrons. The number of hydrogen-bond donors (Lipinski definition) is 1. The van der Waals surface area contributed by atoms with E-state index in [1.165, 1.54) is 17.3 Å². The van der Waals surface area contributed by atoms with E-state index in [0.717, 1.165) is 0 Å². The maximum absolute atomic E-state index is 12.0. The standard InChI is InChI=1S/C19H19ClN4O2S/c1-24(12-14-6-3-2-4-7-14)17-10-16(20)22-19(23-17)27-13-18(25)21-11-15-8-5-9-26-15/h2-10H,11-13H2,1H3,(H,21,25). The number of nitrogens with one attached hydrogen (secondary N) is 1. The van der Waals surface area contributed by atoms with Crippen LogP contribution in [0.5, 0.6) is 0 Å². The fourth-order valence-corrected chi connectivity index (χ4v) is 3.27. The maximum Gasteiger partial charge on any atom is 0.230 e. The van der Waals surface area contributed by atoms with Crippen molar-refractivity contribution >= 4 is 35.1 Å². The number of carbonyl (C=O) groups is 1. The van der Waals surface area contributed by atoms with Crippen molar-refractivity contribution in [1.82, 2.24) is 15.3 Å². The number of halogens is 1. The molecule has 8 heteroatoms. The van der Waals surface area contributed by atoms with Crippen molar-refractivity contribution in [1.29, 1.82) is 0 Å². The molecule has 140 valence electrons. The van der Waals surface area contributed by atoms with Crippen molar-refractivity contribution in [3.63, 3.8) is 0 Å². The second-order valence-electron chi connectivity index (χ2n) is 5.82. The monoisotopic (exact) mass is 402 g/mol. The summed E-state index contributed by atoms with van der Waals surface area (Å²) in [4.78, 5) is 22.7. The number of furan rings is 1. The predicted octanol–water partition coefficient (Wildman–Crippen LogP) is 3.77. The number of carbonyl (C=O) groups excluding carboxylic acids is 1. The molecule has 2 heterocycles. The van der Waals surface area contributed by atoms with E-state index in [1.54, 1.807) is 18.4 Å². The normalized spacial score (nSPS) is 10.6. The molecule has 6 nitrogen and oxygen atoms in total. The Kier molecular flexibility index (Phi) is 6.73. The smallest absolute Gasteiger partial charge is 0.230 e. The van der Waals surface area contributed by atoms with Gasteiger partial charge in [0.1, 0.15) is 16.7 Å². The van der Waals surface area contributed by atoms with Gasteiger partial charge in [-0.25, -0.2) is 9.97 Å². The molecule has 0 saturated heterocycles. The van der Waals surface area contributed by atoms with Crippen LogP contribution in [0.1, 0.15) is 11.3 Å². The first kappa shape index (κ1) is 19.3. The van der Waals surface area contributed by atoms with Crippen LogP contribution >= 0.6 is 23.4 Å². The minimum Gasteiger partial charge on any atom is -0.467 e. The zero-order valence-corrected chi connectivity index (χ0v) is 16.3. The summed E-state index contributed by atoms with van der Waals surface area (Å²) >= 11 is 7.38. The Morgan fingerprint density at radius 2 is 2.04 bits per heavy atom. The first-order chi connectivity index (χ1) is 13.1. The second-order valence-corrected chi connectivity index (χ2v) is 7.15. The van der Waals surface area contributed by atoms with Gasteiger partial charge in [-0.15, -0.1) is 0 Å². The Hall–Kier alpha value is -2.51. The quantitative estimate of drug-likeness (QED) is 0.351. The van der Waals surface area contributed by atoms with Crippen LogP contribution in [-0.2, 0) is 17.9 Å². The summed E-state index contributed by atoms with van der Waals surface area (Å²) in [6.07, 6.45) is 1.57. The Morgan fingerprint density at radius 3 is 2.78 bits per heavy atom. The first-order valence-electron chi connectivity index (χ1n) is 8.31. The Bertz CT molecular complexity index is 875. The Balaban J connectivity index is 1.56. The summed E-state index contributed by atoms with van der Waals surface area (Å²) in [5, 5.41) is 3.60. The lowest BCUT2D eigenvalue weighted by Gasteiger charge is -2.18. The largest absolute Gasteiger partial charge is 0.467 e. The van der Waals surface area contributed by atoms with E-state index in [2.05, 4.69) is 27.4 Å². The van der Waals surface area contributed by atoms with Crippen molar-refractivity contribution in [2.45, 2.75) is 18.2 Å². The van der Waals surface area contributed by atoms with E-state index in [4.69, 9.17) is 16.0 Å². The minimum absolute atomic E-state index is 0.126. The molecular weight excluding hydrogens is 384 g/mol. The van der Waals surface area contributed by atoms with Crippen molar-refractivity contribution in [3.8, 4) is 0 Å². The molecule has 0 atom stereocenters. The van der Waals surface area contributed by atoms with E-state index in [9.17, 15) is 4.79 Å². The number of benzene rings is 1. The fraction of sp³-hybridized carbons (Fsp3) is 0.211. The third-order valence-electron chi connectivity index (χ3n) is 3.69. The van der Waals surface area contributed by atoms with Gasteiger partial charge in [-0.2, -0.15) is 0 Å². The number of hydrogen-bond acceptors (Lipinski definition) is 6. The summed E-state index contributed by atoms with van der Waals surface area (Å²) in [6, 6.07) is 15.4. The van der Waals surface area contributed by atoms with E-state index >= 15 is 0 Å². The maximum atomic E-state index is 12.0. The summed E-state index contributed by atoms with van der Waals surface area (Å²) < 4.78 is 5.18. The molecule has 27 heavy (non-hydrogen) atoms. The van der Waals surface area contributed by atoms with Crippen molar-refractivity contribution in [2.75, 3.05) is 17.7 Å². The third kappa shape index (κ3) is 6.01. The number of anilines is 1. The van der Waals surface area contributed by atoms with Crippen LogP contribution < -0.4 is 10.2 Å². The summed E-state index contributed by atoms with van der Waals surface area (Å²) in [7, 11) is 1.94. The van der Waals surface area contributed by atoms with Gasteiger partial charge in [-0.3, -0.25) is 4.79 Å².